The zero-order valence-corrected chi connectivity index (χ0v) is 16.2. The number of carbonyl (C=O) groups is 1. The standard InChI is InChI=1S/C18H18ClN5OS/c1-11-7-8-12(2)16(9-11)24-18(21-22-23-24)26-13(3)17(25)20-15-6-4-5-14(19)10-15/h4-10,13H,1-3H3,(H,20,25)/t13-/m1/s1. The molecule has 0 unspecified atom stereocenters. The van der Waals surface area contributed by atoms with Gasteiger partial charge in [-0.25, -0.2) is 0 Å². The molecule has 1 amide bonds. The summed E-state index contributed by atoms with van der Waals surface area (Å²) in [5.74, 6) is -0.146. The van der Waals surface area contributed by atoms with Crippen LogP contribution >= 0.6 is 23.4 Å². The van der Waals surface area contributed by atoms with E-state index in [0.29, 0.717) is 15.9 Å². The molecule has 3 aromatic rings. The van der Waals surface area contributed by atoms with E-state index in [1.807, 2.05) is 39.0 Å². The van der Waals surface area contributed by atoms with Gasteiger partial charge in [-0.2, -0.15) is 4.68 Å². The summed E-state index contributed by atoms with van der Waals surface area (Å²) in [5, 5.41) is 15.5. The lowest BCUT2D eigenvalue weighted by atomic mass is 10.1. The second kappa shape index (κ2) is 7.88. The monoisotopic (exact) mass is 387 g/mol. The molecule has 0 spiro atoms. The van der Waals surface area contributed by atoms with E-state index in [2.05, 4.69) is 20.8 Å². The predicted molar refractivity (Wildman–Crippen MR) is 104 cm³/mol. The number of amides is 1. The molecular weight excluding hydrogens is 370 g/mol. The third-order valence-electron chi connectivity index (χ3n) is 3.78. The molecule has 0 aliphatic heterocycles. The molecule has 0 radical (unpaired) electrons. The average molecular weight is 388 g/mol. The van der Waals surface area contributed by atoms with E-state index in [9.17, 15) is 4.79 Å². The number of benzene rings is 2. The Balaban J connectivity index is 1.76. The number of aryl methyl sites for hydroxylation is 2. The lowest BCUT2D eigenvalue weighted by molar-refractivity contribution is -0.115. The highest BCUT2D eigenvalue weighted by molar-refractivity contribution is 8.00. The van der Waals surface area contributed by atoms with E-state index >= 15 is 0 Å². The topological polar surface area (TPSA) is 72.7 Å². The number of thioether (sulfide) groups is 1. The van der Waals surface area contributed by atoms with Crippen LogP contribution in [0.25, 0.3) is 5.69 Å². The van der Waals surface area contributed by atoms with Crippen LogP contribution in [0.2, 0.25) is 5.02 Å². The maximum atomic E-state index is 12.5. The van der Waals surface area contributed by atoms with Crippen LogP contribution in [0.5, 0.6) is 0 Å². The summed E-state index contributed by atoms with van der Waals surface area (Å²) in [6, 6.07) is 13.1. The molecule has 1 aromatic heterocycles. The van der Waals surface area contributed by atoms with Gasteiger partial charge in [0.05, 0.1) is 10.9 Å². The summed E-state index contributed by atoms with van der Waals surface area (Å²) >= 11 is 7.25. The number of rotatable bonds is 5. The quantitative estimate of drug-likeness (QED) is 0.668. The van der Waals surface area contributed by atoms with Crippen LogP contribution in [0.1, 0.15) is 18.1 Å². The molecule has 0 fully saturated rings. The van der Waals surface area contributed by atoms with Crippen molar-refractivity contribution in [1.82, 2.24) is 20.2 Å². The summed E-state index contributed by atoms with van der Waals surface area (Å²) in [7, 11) is 0. The van der Waals surface area contributed by atoms with Crippen molar-refractivity contribution in [2.45, 2.75) is 31.2 Å². The summed E-state index contributed by atoms with van der Waals surface area (Å²) in [5.41, 5.74) is 3.73. The van der Waals surface area contributed by atoms with E-state index in [1.54, 1.807) is 28.9 Å². The van der Waals surface area contributed by atoms with Crippen LogP contribution < -0.4 is 5.32 Å². The first-order chi connectivity index (χ1) is 12.4. The first-order valence-corrected chi connectivity index (χ1v) is 9.29. The van der Waals surface area contributed by atoms with Crippen molar-refractivity contribution in [2.75, 3.05) is 5.32 Å². The Bertz CT molecular complexity index is 943. The lowest BCUT2D eigenvalue weighted by Crippen LogP contribution is -2.23. The summed E-state index contributed by atoms with van der Waals surface area (Å²) in [6.07, 6.45) is 0. The van der Waals surface area contributed by atoms with Gasteiger partial charge in [-0.3, -0.25) is 4.79 Å². The summed E-state index contributed by atoms with van der Waals surface area (Å²) in [4.78, 5) is 12.5. The van der Waals surface area contributed by atoms with Crippen molar-refractivity contribution in [3.63, 3.8) is 0 Å². The van der Waals surface area contributed by atoms with Gasteiger partial charge in [-0.15, -0.1) is 5.10 Å². The number of tetrazole rings is 1. The molecule has 3 rings (SSSR count). The molecule has 1 N–H and O–H groups in total. The Morgan fingerprint density at radius 2 is 2.04 bits per heavy atom. The van der Waals surface area contributed by atoms with Crippen LogP contribution in [0.3, 0.4) is 0 Å². The van der Waals surface area contributed by atoms with Crippen molar-refractivity contribution < 1.29 is 4.79 Å². The number of aromatic nitrogens is 4. The largest absolute Gasteiger partial charge is 0.325 e. The molecule has 0 aliphatic carbocycles. The molecule has 0 bridgehead atoms. The Labute approximate surface area is 160 Å². The first-order valence-electron chi connectivity index (χ1n) is 8.03. The zero-order valence-electron chi connectivity index (χ0n) is 14.6. The van der Waals surface area contributed by atoms with Gasteiger partial charge in [0, 0.05) is 10.7 Å². The second-order valence-electron chi connectivity index (χ2n) is 5.92. The molecule has 0 saturated heterocycles. The fourth-order valence-corrected chi connectivity index (χ4v) is 3.36. The van der Waals surface area contributed by atoms with E-state index < -0.39 is 0 Å². The number of hydrogen-bond acceptors (Lipinski definition) is 5. The second-order valence-corrected chi connectivity index (χ2v) is 7.67. The normalized spacial score (nSPS) is 12.0. The molecule has 2 aromatic carbocycles. The van der Waals surface area contributed by atoms with Gasteiger partial charge < -0.3 is 5.32 Å². The van der Waals surface area contributed by atoms with Gasteiger partial charge in [0.25, 0.3) is 0 Å². The van der Waals surface area contributed by atoms with Crippen LogP contribution in [-0.2, 0) is 4.79 Å². The SMILES string of the molecule is Cc1ccc(C)c(-n2nnnc2S[C@H](C)C(=O)Nc2cccc(Cl)c2)c1. The molecule has 0 saturated carbocycles. The molecule has 134 valence electrons. The van der Waals surface area contributed by atoms with Gasteiger partial charge in [-0.05, 0) is 66.6 Å². The van der Waals surface area contributed by atoms with E-state index in [-0.39, 0.29) is 11.2 Å². The molecule has 26 heavy (non-hydrogen) atoms. The van der Waals surface area contributed by atoms with Crippen LogP contribution in [0.15, 0.2) is 47.6 Å². The minimum atomic E-state index is -0.385. The number of anilines is 1. The smallest absolute Gasteiger partial charge is 0.237 e. The maximum absolute atomic E-state index is 12.5. The molecular formula is C18H18ClN5OS. The average Bonchev–Trinajstić information content (AvgIpc) is 3.05. The van der Waals surface area contributed by atoms with Crippen LogP contribution in [-0.4, -0.2) is 31.4 Å². The highest BCUT2D eigenvalue weighted by Crippen LogP contribution is 2.26. The van der Waals surface area contributed by atoms with Gasteiger partial charge in [0.15, 0.2) is 0 Å². The molecule has 1 heterocycles. The Morgan fingerprint density at radius 1 is 1.23 bits per heavy atom. The van der Waals surface area contributed by atoms with Gasteiger partial charge >= 0.3 is 0 Å². The van der Waals surface area contributed by atoms with Crippen molar-refractivity contribution in [3.05, 3.63) is 58.6 Å². The highest BCUT2D eigenvalue weighted by atomic mass is 35.5. The van der Waals surface area contributed by atoms with E-state index in [0.717, 1.165) is 16.8 Å². The molecule has 8 heteroatoms. The number of nitrogens with zero attached hydrogens (tertiary/aromatic N) is 4. The summed E-state index contributed by atoms with van der Waals surface area (Å²) < 4.78 is 1.66. The van der Waals surface area contributed by atoms with Crippen molar-refractivity contribution in [3.8, 4) is 5.69 Å². The van der Waals surface area contributed by atoms with Gasteiger partial charge in [0.2, 0.25) is 11.1 Å². The zero-order chi connectivity index (χ0) is 18.7. The fraction of sp³-hybridized carbons (Fsp3) is 0.222. The number of hydrogen-bond donors (Lipinski definition) is 1. The number of halogens is 1. The van der Waals surface area contributed by atoms with Gasteiger partial charge in [-0.1, -0.05) is 41.6 Å². The van der Waals surface area contributed by atoms with E-state index in [4.69, 9.17) is 11.6 Å². The maximum Gasteiger partial charge on any atom is 0.237 e. The number of nitrogens with one attached hydrogen (secondary N) is 1. The highest BCUT2D eigenvalue weighted by Gasteiger charge is 2.20. The Kier molecular flexibility index (Phi) is 5.58. The fourth-order valence-electron chi connectivity index (χ4n) is 2.37. The van der Waals surface area contributed by atoms with E-state index in [1.165, 1.54) is 11.8 Å². The third-order valence-corrected chi connectivity index (χ3v) is 5.05. The minimum Gasteiger partial charge on any atom is -0.325 e. The van der Waals surface area contributed by atoms with Crippen LogP contribution in [0, 0.1) is 13.8 Å². The van der Waals surface area contributed by atoms with Crippen molar-refractivity contribution in [1.29, 1.82) is 0 Å². The Hall–Kier alpha value is -2.38. The van der Waals surface area contributed by atoms with Crippen molar-refractivity contribution in [2.24, 2.45) is 0 Å². The third kappa shape index (κ3) is 4.23. The summed E-state index contributed by atoms with van der Waals surface area (Å²) in [6.45, 7) is 5.83. The predicted octanol–water partition coefficient (Wildman–Crippen LogP) is 4.05. The first kappa shape index (κ1) is 18.4. The number of carbonyl (C=O) groups excluding carboxylic acids is 1. The van der Waals surface area contributed by atoms with Crippen LogP contribution in [0.4, 0.5) is 5.69 Å². The lowest BCUT2D eigenvalue weighted by Gasteiger charge is -2.13. The van der Waals surface area contributed by atoms with Crippen molar-refractivity contribution >= 4 is 35.0 Å². The molecule has 0 aliphatic rings. The Morgan fingerprint density at radius 3 is 2.81 bits per heavy atom. The molecule has 1 atom stereocenters. The minimum absolute atomic E-state index is 0.146. The van der Waals surface area contributed by atoms with Gasteiger partial charge in [0.1, 0.15) is 0 Å². The molecule has 6 nitrogen and oxygen atoms in total.